The van der Waals surface area contributed by atoms with Crippen LogP contribution in [0.15, 0.2) is 4.52 Å². The van der Waals surface area contributed by atoms with Crippen LogP contribution in [0.3, 0.4) is 0 Å². The summed E-state index contributed by atoms with van der Waals surface area (Å²) in [7, 11) is -3.01. The molecule has 1 atom stereocenters. The largest absolute Gasteiger partial charge is 0.338 e. The van der Waals surface area contributed by atoms with Crippen LogP contribution < -0.4 is 5.73 Å². The minimum absolute atomic E-state index is 0.0214. The molecule has 1 heterocycles. The highest BCUT2D eigenvalue weighted by molar-refractivity contribution is 7.90. The molecule has 6 nitrogen and oxygen atoms in total. The molecule has 0 saturated carbocycles. The van der Waals surface area contributed by atoms with E-state index in [0.29, 0.717) is 18.1 Å². The van der Waals surface area contributed by atoms with Crippen LogP contribution in [0.2, 0.25) is 0 Å². The van der Waals surface area contributed by atoms with Crippen molar-refractivity contribution in [1.29, 1.82) is 0 Å². The maximum atomic E-state index is 11.0. The number of sulfone groups is 1. The van der Waals surface area contributed by atoms with Gasteiger partial charge in [0.2, 0.25) is 5.89 Å². The van der Waals surface area contributed by atoms with Gasteiger partial charge in [0.05, 0.1) is 11.8 Å². The summed E-state index contributed by atoms with van der Waals surface area (Å²) in [6.45, 7) is 3.88. The second-order valence-electron chi connectivity index (χ2n) is 4.17. The molecule has 0 saturated heterocycles. The Bertz CT molecular complexity index is 439. The third-order valence-corrected chi connectivity index (χ3v) is 3.07. The molecule has 0 aliphatic heterocycles. The number of nitrogens with zero attached hydrogens (tertiary/aromatic N) is 2. The second-order valence-corrected chi connectivity index (χ2v) is 6.43. The standard InChI is InChI=1S/C9H17N3O3S/c1-6(2)8-11-9(15-12-8)7(10)4-5-16(3,13)14/h6-7H,4-5,10H2,1-3H3. The highest BCUT2D eigenvalue weighted by atomic mass is 32.2. The van der Waals surface area contributed by atoms with E-state index in [1.54, 1.807) is 0 Å². The maximum absolute atomic E-state index is 11.0. The van der Waals surface area contributed by atoms with Crippen LogP contribution in [0.4, 0.5) is 0 Å². The number of aromatic nitrogens is 2. The lowest BCUT2D eigenvalue weighted by atomic mass is 10.2. The van der Waals surface area contributed by atoms with Crippen LogP contribution in [0.1, 0.15) is 43.9 Å². The summed E-state index contributed by atoms with van der Waals surface area (Å²) in [5.74, 6) is 1.07. The molecular weight excluding hydrogens is 230 g/mol. The Morgan fingerprint density at radius 3 is 2.50 bits per heavy atom. The van der Waals surface area contributed by atoms with Crippen molar-refractivity contribution in [2.75, 3.05) is 12.0 Å². The van der Waals surface area contributed by atoms with Gasteiger partial charge in [0.1, 0.15) is 9.84 Å². The molecule has 0 aromatic carbocycles. The Hall–Kier alpha value is -0.950. The van der Waals surface area contributed by atoms with Gasteiger partial charge >= 0.3 is 0 Å². The number of nitrogens with two attached hydrogens (primary N) is 1. The van der Waals surface area contributed by atoms with Gasteiger partial charge in [0.25, 0.3) is 0 Å². The van der Waals surface area contributed by atoms with E-state index >= 15 is 0 Å². The topological polar surface area (TPSA) is 99.1 Å². The lowest BCUT2D eigenvalue weighted by Crippen LogP contribution is -2.16. The summed E-state index contributed by atoms with van der Waals surface area (Å²) in [5, 5.41) is 3.77. The predicted molar refractivity (Wildman–Crippen MR) is 59.6 cm³/mol. The fraction of sp³-hybridized carbons (Fsp3) is 0.778. The van der Waals surface area contributed by atoms with Gasteiger partial charge in [0, 0.05) is 12.2 Å². The highest BCUT2D eigenvalue weighted by Crippen LogP contribution is 2.16. The van der Waals surface area contributed by atoms with Gasteiger partial charge in [-0.3, -0.25) is 0 Å². The number of hydrogen-bond acceptors (Lipinski definition) is 6. The molecule has 0 bridgehead atoms. The normalized spacial score (nSPS) is 14.3. The predicted octanol–water partition coefficient (Wildman–Crippen LogP) is 0.628. The van der Waals surface area contributed by atoms with Gasteiger partial charge in [0.15, 0.2) is 5.82 Å². The molecule has 2 N–H and O–H groups in total. The molecule has 1 aromatic heterocycles. The molecule has 0 spiro atoms. The minimum atomic E-state index is -3.01. The molecular formula is C9H17N3O3S. The summed E-state index contributed by atoms with van der Waals surface area (Å²) in [6.07, 6.45) is 1.46. The quantitative estimate of drug-likeness (QED) is 0.819. The molecule has 0 fully saturated rings. The van der Waals surface area contributed by atoms with Gasteiger partial charge < -0.3 is 10.3 Å². The molecule has 1 rings (SSSR count). The third kappa shape index (κ3) is 3.90. The Kier molecular flexibility index (Phi) is 4.03. The average Bonchev–Trinajstić information content (AvgIpc) is 2.61. The molecule has 0 aliphatic rings. The van der Waals surface area contributed by atoms with Crippen molar-refractivity contribution >= 4 is 9.84 Å². The van der Waals surface area contributed by atoms with Crippen molar-refractivity contribution < 1.29 is 12.9 Å². The van der Waals surface area contributed by atoms with E-state index in [4.69, 9.17) is 10.3 Å². The Labute approximate surface area is 95.1 Å². The molecule has 0 aliphatic carbocycles. The first-order valence-electron chi connectivity index (χ1n) is 5.06. The fourth-order valence-electron chi connectivity index (χ4n) is 1.10. The molecule has 0 radical (unpaired) electrons. The van der Waals surface area contributed by atoms with Crippen molar-refractivity contribution in [3.63, 3.8) is 0 Å². The Morgan fingerprint density at radius 2 is 2.06 bits per heavy atom. The zero-order valence-corrected chi connectivity index (χ0v) is 10.5. The van der Waals surface area contributed by atoms with Crippen molar-refractivity contribution in [1.82, 2.24) is 10.1 Å². The van der Waals surface area contributed by atoms with Gasteiger partial charge in [-0.15, -0.1) is 0 Å². The van der Waals surface area contributed by atoms with Crippen LogP contribution in [0, 0.1) is 0 Å². The maximum Gasteiger partial charge on any atom is 0.243 e. The summed E-state index contributed by atoms with van der Waals surface area (Å²) >= 11 is 0. The van der Waals surface area contributed by atoms with Crippen LogP contribution in [0.25, 0.3) is 0 Å². The average molecular weight is 247 g/mol. The van der Waals surface area contributed by atoms with Gasteiger partial charge in [-0.25, -0.2) is 8.42 Å². The fourth-order valence-corrected chi connectivity index (χ4v) is 1.78. The SMILES string of the molecule is CC(C)c1noc(C(N)CCS(C)(=O)=O)n1. The van der Waals surface area contributed by atoms with E-state index in [9.17, 15) is 8.42 Å². The Balaban J connectivity index is 2.63. The summed E-state index contributed by atoms with van der Waals surface area (Å²) in [4.78, 5) is 4.11. The molecule has 1 unspecified atom stereocenters. The van der Waals surface area contributed by atoms with E-state index < -0.39 is 15.9 Å². The molecule has 0 amide bonds. The zero-order valence-electron chi connectivity index (χ0n) is 9.67. The Morgan fingerprint density at radius 1 is 1.44 bits per heavy atom. The third-order valence-electron chi connectivity index (χ3n) is 2.09. The van der Waals surface area contributed by atoms with Gasteiger partial charge in [-0.05, 0) is 6.42 Å². The van der Waals surface area contributed by atoms with E-state index in [1.165, 1.54) is 6.26 Å². The van der Waals surface area contributed by atoms with E-state index in [-0.39, 0.29) is 11.7 Å². The number of rotatable bonds is 5. The van der Waals surface area contributed by atoms with E-state index in [2.05, 4.69) is 10.1 Å². The molecule has 1 aromatic rings. The second kappa shape index (κ2) is 4.92. The van der Waals surface area contributed by atoms with Gasteiger partial charge in [-0.1, -0.05) is 19.0 Å². The first-order chi connectivity index (χ1) is 7.29. The van der Waals surface area contributed by atoms with E-state index in [0.717, 1.165) is 0 Å². The van der Waals surface area contributed by atoms with Crippen LogP contribution in [0.5, 0.6) is 0 Å². The minimum Gasteiger partial charge on any atom is -0.338 e. The smallest absolute Gasteiger partial charge is 0.243 e. The highest BCUT2D eigenvalue weighted by Gasteiger charge is 2.17. The van der Waals surface area contributed by atoms with Crippen LogP contribution >= 0.6 is 0 Å². The van der Waals surface area contributed by atoms with Crippen molar-refractivity contribution in [3.8, 4) is 0 Å². The van der Waals surface area contributed by atoms with Crippen LogP contribution in [-0.4, -0.2) is 30.6 Å². The molecule has 7 heteroatoms. The van der Waals surface area contributed by atoms with Crippen molar-refractivity contribution in [2.45, 2.75) is 32.2 Å². The summed E-state index contributed by atoms with van der Waals surface area (Å²) in [6, 6.07) is -0.519. The number of hydrogen-bond donors (Lipinski definition) is 1. The van der Waals surface area contributed by atoms with Gasteiger partial charge in [-0.2, -0.15) is 4.98 Å². The van der Waals surface area contributed by atoms with Crippen molar-refractivity contribution in [3.05, 3.63) is 11.7 Å². The lowest BCUT2D eigenvalue weighted by Gasteiger charge is -2.04. The lowest BCUT2D eigenvalue weighted by molar-refractivity contribution is 0.347. The van der Waals surface area contributed by atoms with E-state index in [1.807, 2.05) is 13.8 Å². The summed E-state index contributed by atoms with van der Waals surface area (Å²) in [5.41, 5.74) is 5.75. The van der Waals surface area contributed by atoms with Crippen molar-refractivity contribution in [2.24, 2.45) is 5.73 Å². The monoisotopic (exact) mass is 247 g/mol. The first-order valence-corrected chi connectivity index (χ1v) is 7.12. The zero-order chi connectivity index (χ0) is 12.3. The van der Waals surface area contributed by atoms with Crippen LogP contribution in [-0.2, 0) is 9.84 Å². The molecule has 92 valence electrons. The first kappa shape index (κ1) is 13.1. The molecule has 16 heavy (non-hydrogen) atoms. The summed E-state index contributed by atoms with van der Waals surface area (Å²) < 4.78 is 26.9.